The van der Waals surface area contributed by atoms with Crippen LogP contribution in [0.5, 0.6) is 0 Å². The number of nitrogens with zero attached hydrogens (tertiary/aromatic N) is 1. The zero-order valence-electron chi connectivity index (χ0n) is 11.9. The maximum Gasteiger partial charge on any atom is 0.342 e. The van der Waals surface area contributed by atoms with Gasteiger partial charge in [-0.05, 0) is 20.8 Å². The van der Waals surface area contributed by atoms with Crippen molar-refractivity contribution in [2.24, 2.45) is 0 Å². The van der Waals surface area contributed by atoms with Gasteiger partial charge in [-0.25, -0.2) is 13.2 Å². The quantitative estimate of drug-likeness (QED) is 0.720. The van der Waals surface area contributed by atoms with Gasteiger partial charge >= 0.3 is 5.97 Å². The van der Waals surface area contributed by atoms with Crippen LogP contribution in [-0.4, -0.2) is 36.2 Å². The molecule has 2 aromatic heterocycles. The molecular weight excluding hydrogens is 296 g/mol. The van der Waals surface area contributed by atoms with Gasteiger partial charge in [0.05, 0.1) is 24.2 Å². The number of carbonyl (C=O) groups excluding carboxylic acids is 1. The first-order valence-corrected chi connectivity index (χ1v) is 7.73. The third-order valence-electron chi connectivity index (χ3n) is 2.87. The normalized spacial score (nSPS) is 11.4. The Bertz CT molecular complexity index is 760. The minimum Gasteiger partial charge on any atom is -0.462 e. The zero-order chi connectivity index (χ0) is 15.6. The maximum atomic E-state index is 12.3. The van der Waals surface area contributed by atoms with Crippen molar-refractivity contribution in [3.05, 3.63) is 29.3 Å². The Balaban J connectivity index is 2.37. The largest absolute Gasteiger partial charge is 0.462 e. The fourth-order valence-electron chi connectivity index (χ4n) is 1.88. The number of carbonyl (C=O) groups is 1. The predicted octanol–water partition coefficient (Wildman–Crippen LogP) is 1.33. The Morgan fingerprint density at radius 1 is 1.38 bits per heavy atom. The van der Waals surface area contributed by atoms with Crippen LogP contribution < -0.4 is 4.72 Å². The van der Waals surface area contributed by atoms with Crippen molar-refractivity contribution < 1.29 is 17.9 Å². The number of aryl methyl sites for hydroxylation is 2. The van der Waals surface area contributed by atoms with E-state index in [-0.39, 0.29) is 22.8 Å². The van der Waals surface area contributed by atoms with Crippen LogP contribution >= 0.6 is 0 Å². The van der Waals surface area contributed by atoms with Crippen molar-refractivity contribution >= 4 is 21.7 Å². The first-order valence-electron chi connectivity index (χ1n) is 6.24. The van der Waals surface area contributed by atoms with Crippen molar-refractivity contribution in [1.29, 1.82) is 0 Å². The lowest BCUT2D eigenvalue weighted by atomic mass is 10.2. The molecule has 2 heterocycles. The number of hydrogen-bond donors (Lipinski definition) is 3. The first kappa shape index (κ1) is 15.1. The summed E-state index contributed by atoms with van der Waals surface area (Å²) < 4.78 is 31.9. The molecule has 0 fully saturated rings. The predicted molar refractivity (Wildman–Crippen MR) is 75.6 cm³/mol. The first-order chi connectivity index (χ1) is 9.86. The number of aromatic nitrogens is 3. The molecule has 0 aromatic carbocycles. The summed E-state index contributed by atoms with van der Waals surface area (Å²) in [5.41, 5.74) is 1.25. The van der Waals surface area contributed by atoms with Crippen LogP contribution in [0.15, 0.2) is 17.3 Å². The van der Waals surface area contributed by atoms with E-state index in [1.165, 1.54) is 12.4 Å². The van der Waals surface area contributed by atoms with Crippen LogP contribution in [0.4, 0.5) is 5.69 Å². The van der Waals surface area contributed by atoms with Crippen LogP contribution in [0.25, 0.3) is 0 Å². The number of hydrogen-bond acceptors (Lipinski definition) is 5. The van der Waals surface area contributed by atoms with Crippen LogP contribution in [0, 0.1) is 13.8 Å². The number of esters is 1. The van der Waals surface area contributed by atoms with Crippen LogP contribution in [0.2, 0.25) is 0 Å². The maximum absolute atomic E-state index is 12.3. The third-order valence-corrected chi connectivity index (χ3v) is 4.35. The second-order valence-electron chi connectivity index (χ2n) is 4.39. The van der Waals surface area contributed by atoms with E-state index in [0.29, 0.717) is 11.4 Å². The van der Waals surface area contributed by atoms with Gasteiger partial charge in [0, 0.05) is 11.9 Å². The van der Waals surface area contributed by atoms with Crippen molar-refractivity contribution in [1.82, 2.24) is 15.2 Å². The van der Waals surface area contributed by atoms with Gasteiger partial charge in [-0.2, -0.15) is 5.10 Å². The topological polar surface area (TPSA) is 117 Å². The summed E-state index contributed by atoms with van der Waals surface area (Å²) in [5.74, 6) is -0.585. The van der Waals surface area contributed by atoms with Gasteiger partial charge in [0.1, 0.15) is 10.5 Å². The molecule has 2 rings (SSSR count). The molecule has 0 saturated carbocycles. The molecule has 8 nitrogen and oxygen atoms in total. The average molecular weight is 312 g/mol. The molecule has 0 saturated heterocycles. The molecule has 0 atom stereocenters. The molecule has 0 amide bonds. The van der Waals surface area contributed by atoms with Gasteiger partial charge < -0.3 is 9.72 Å². The third kappa shape index (κ3) is 2.92. The molecule has 2 aromatic rings. The molecule has 0 spiro atoms. The lowest BCUT2D eigenvalue weighted by Crippen LogP contribution is -2.16. The molecule has 0 aliphatic heterocycles. The van der Waals surface area contributed by atoms with Crippen molar-refractivity contribution in [2.45, 2.75) is 25.7 Å². The summed E-state index contributed by atoms with van der Waals surface area (Å²) in [4.78, 5) is 14.7. The molecule has 21 heavy (non-hydrogen) atoms. The van der Waals surface area contributed by atoms with E-state index in [2.05, 4.69) is 19.9 Å². The highest BCUT2D eigenvalue weighted by Crippen LogP contribution is 2.24. The summed E-state index contributed by atoms with van der Waals surface area (Å²) in [5, 5.41) is 6.23. The molecule has 0 unspecified atom stereocenters. The smallest absolute Gasteiger partial charge is 0.342 e. The lowest BCUT2D eigenvalue weighted by Gasteiger charge is -2.08. The minimum atomic E-state index is -3.83. The molecular formula is C12H16N4O4S. The van der Waals surface area contributed by atoms with Gasteiger partial charge in [-0.15, -0.1) is 0 Å². The van der Waals surface area contributed by atoms with Gasteiger partial charge in [-0.3, -0.25) is 9.82 Å². The number of sulfonamides is 1. The van der Waals surface area contributed by atoms with Gasteiger partial charge in [0.25, 0.3) is 10.0 Å². The summed E-state index contributed by atoms with van der Waals surface area (Å²) in [7, 11) is -3.83. The van der Waals surface area contributed by atoms with E-state index in [1.807, 2.05) is 0 Å². The summed E-state index contributed by atoms with van der Waals surface area (Å²) in [6.07, 6.45) is 2.62. The van der Waals surface area contributed by atoms with E-state index in [4.69, 9.17) is 4.74 Å². The fraction of sp³-hybridized carbons (Fsp3) is 0.333. The molecule has 0 aliphatic rings. The molecule has 9 heteroatoms. The van der Waals surface area contributed by atoms with Gasteiger partial charge in [0.2, 0.25) is 0 Å². The standard InChI is InChI=1S/C12H16N4O4S/c1-4-20-12(17)11-8(3)13-5-9(11)16-21(18,19)10-6-14-15-7(10)2/h5-6,13,16H,4H2,1-3H3,(H,14,15). The highest BCUT2D eigenvalue weighted by molar-refractivity contribution is 7.92. The Morgan fingerprint density at radius 2 is 2.10 bits per heavy atom. The highest BCUT2D eigenvalue weighted by Gasteiger charge is 2.24. The number of ether oxygens (including phenoxy) is 1. The zero-order valence-corrected chi connectivity index (χ0v) is 12.7. The number of H-pyrrole nitrogens is 2. The van der Waals surface area contributed by atoms with Crippen molar-refractivity contribution in [2.75, 3.05) is 11.3 Å². The average Bonchev–Trinajstić information content (AvgIpc) is 2.96. The SMILES string of the molecule is CCOC(=O)c1c(NS(=O)(=O)c2cn[nH]c2C)c[nH]c1C. The van der Waals surface area contributed by atoms with Gasteiger partial charge in [0.15, 0.2) is 0 Å². The lowest BCUT2D eigenvalue weighted by molar-refractivity contribution is 0.0527. The molecule has 0 bridgehead atoms. The monoisotopic (exact) mass is 312 g/mol. The van der Waals surface area contributed by atoms with Crippen LogP contribution in [0.1, 0.15) is 28.7 Å². The fourth-order valence-corrected chi connectivity index (χ4v) is 3.08. The number of rotatable bonds is 5. The molecule has 3 N–H and O–H groups in total. The Morgan fingerprint density at radius 3 is 2.67 bits per heavy atom. The number of anilines is 1. The van der Waals surface area contributed by atoms with Crippen molar-refractivity contribution in [3.63, 3.8) is 0 Å². The Kier molecular flexibility index (Phi) is 4.03. The van der Waals surface area contributed by atoms with E-state index in [9.17, 15) is 13.2 Å². The molecule has 0 radical (unpaired) electrons. The summed E-state index contributed by atoms with van der Waals surface area (Å²) in [6, 6.07) is 0. The summed E-state index contributed by atoms with van der Waals surface area (Å²) >= 11 is 0. The molecule has 0 aliphatic carbocycles. The second-order valence-corrected chi connectivity index (χ2v) is 6.04. The van der Waals surface area contributed by atoms with E-state index >= 15 is 0 Å². The summed E-state index contributed by atoms with van der Waals surface area (Å²) in [6.45, 7) is 5.14. The number of nitrogens with one attached hydrogen (secondary N) is 3. The highest BCUT2D eigenvalue weighted by atomic mass is 32.2. The minimum absolute atomic E-state index is 0.0242. The Hall–Kier alpha value is -2.29. The molecule has 114 valence electrons. The second kappa shape index (κ2) is 5.60. The van der Waals surface area contributed by atoms with E-state index in [0.717, 1.165) is 0 Å². The van der Waals surface area contributed by atoms with E-state index in [1.54, 1.807) is 20.8 Å². The van der Waals surface area contributed by atoms with Crippen molar-refractivity contribution in [3.8, 4) is 0 Å². The number of aromatic amines is 2. The van der Waals surface area contributed by atoms with Crippen LogP contribution in [-0.2, 0) is 14.8 Å². The Labute approximate surface area is 122 Å². The van der Waals surface area contributed by atoms with Crippen LogP contribution in [0.3, 0.4) is 0 Å². The van der Waals surface area contributed by atoms with Gasteiger partial charge in [-0.1, -0.05) is 0 Å². The van der Waals surface area contributed by atoms with E-state index < -0.39 is 16.0 Å².